The minimum atomic E-state index is -1.56. The molecule has 1 aliphatic heterocycles. The monoisotopic (exact) mass is 732 g/mol. The first-order valence-corrected chi connectivity index (χ1v) is 21.2. The van der Waals surface area contributed by atoms with Crippen molar-refractivity contribution in [3.05, 3.63) is 12.2 Å². The molecule has 296 valence electrons. The van der Waals surface area contributed by atoms with Gasteiger partial charge in [-0.25, -0.2) is 0 Å². The quantitative estimate of drug-likeness (QED) is 0.0207. The lowest BCUT2D eigenvalue weighted by atomic mass is 9.99. The van der Waals surface area contributed by atoms with Gasteiger partial charge in [0.1, 0.15) is 24.4 Å². The number of thiol groups is 1. The Morgan fingerprint density at radius 2 is 1.20 bits per heavy atom. The molecule has 1 aliphatic rings. The lowest BCUT2D eigenvalue weighted by molar-refractivity contribution is -0.302. The number of hydrogen-bond acceptors (Lipinski definition) is 9. The van der Waals surface area contributed by atoms with Crippen molar-refractivity contribution in [1.82, 2.24) is 5.32 Å². The number of hydrogen-bond donors (Lipinski definition) is 7. The molecule has 1 saturated heterocycles. The van der Waals surface area contributed by atoms with E-state index in [-0.39, 0.29) is 12.5 Å². The van der Waals surface area contributed by atoms with Gasteiger partial charge in [-0.3, -0.25) is 4.79 Å². The van der Waals surface area contributed by atoms with Crippen molar-refractivity contribution in [2.24, 2.45) is 0 Å². The molecular weight excluding hydrogens is 655 g/mol. The average molecular weight is 732 g/mol. The summed E-state index contributed by atoms with van der Waals surface area (Å²) in [5, 5.41) is 54.0. The second-order valence-corrected chi connectivity index (χ2v) is 15.0. The second kappa shape index (κ2) is 32.9. The zero-order chi connectivity index (χ0) is 36.7. The summed E-state index contributed by atoms with van der Waals surface area (Å²) < 4.78 is 11.2. The number of ether oxygens (including phenoxy) is 2. The molecule has 1 rings (SSSR count). The van der Waals surface area contributed by atoms with Crippen LogP contribution in [0.15, 0.2) is 12.2 Å². The van der Waals surface area contributed by atoms with Crippen molar-refractivity contribution in [2.45, 2.75) is 217 Å². The third kappa shape index (κ3) is 23.8. The number of allylic oxidation sites excluding steroid dienone is 1. The first kappa shape index (κ1) is 47.3. The summed E-state index contributed by atoms with van der Waals surface area (Å²) in [5.41, 5.74) is 0. The van der Waals surface area contributed by atoms with E-state index in [1.165, 1.54) is 122 Å². The lowest BCUT2D eigenvalue weighted by Crippen LogP contribution is -2.60. The van der Waals surface area contributed by atoms with Gasteiger partial charge in [0.15, 0.2) is 6.29 Å². The van der Waals surface area contributed by atoms with Gasteiger partial charge in [0.25, 0.3) is 0 Å². The van der Waals surface area contributed by atoms with E-state index < -0.39 is 49.5 Å². The zero-order valence-electron chi connectivity index (χ0n) is 31.6. The molecule has 0 aromatic heterocycles. The van der Waals surface area contributed by atoms with E-state index in [4.69, 9.17) is 9.47 Å². The molecule has 0 aromatic carbocycles. The van der Waals surface area contributed by atoms with Gasteiger partial charge in [-0.2, -0.15) is 12.6 Å². The number of nitrogens with one attached hydrogen (secondary N) is 1. The van der Waals surface area contributed by atoms with Crippen LogP contribution in [0.5, 0.6) is 0 Å². The number of aliphatic hydroxyl groups is 5. The number of amides is 1. The second-order valence-electron chi connectivity index (χ2n) is 14.5. The van der Waals surface area contributed by atoms with Crippen LogP contribution < -0.4 is 5.32 Å². The SMILES string of the molecule is CCCCCCCCCCCCC/C=C/[C@@H](O)[C@H](CO[C@@H]1O[C@H](CO)[C@H](O)[C@H](O)[C@H]1O)NC(=O)CCCCCCCCCCCCCCCS. The Kier molecular flexibility index (Phi) is 31.1. The Morgan fingerprint density at radius 3 is 1.70 bits per heavy atom. The van der Waals surface area contributed by atoms with Crippen LogP contribution in [0.4, 0.5) is 0 Å². The van der Waals surface area contributed by atoms with Gasteiger partial charge < -0.3 is 40.3 Å². The van der Waals surface area contributed by atoms with Gasteiger partial charge in [0, 0.05) is 6.42 Å². The molecule has 50 heavy (non-hydrogen) atoms. The largest absolute Gasteiger partial charge is 0.394 e. The van der Waals surface area contributed by atoms with E-state index in [2.05, 4.69) is 24.9 Å². The number of unbranched alkanes of at least 4 members (excludes halogenated alkanes) is 23. The summed E-state index contributed by atoms with van der Waals surface area (Å²) in [6.07, 6.45) is 26.4. The Balaban J connectivity index is 2.41. The number of rotatable bonds is 34. The summed E-state index contributed by atoms with van der Waals surface area (Å²) in [7, 11) is 0. The Morgan fingerprint density at radius 1 is 0.720 bits per heavy atom. The van der Waals surface area contributed by atoms with Gasteiger partial charge in [-0.05, 0) is 31.4 Å². The van der Waals surface area contributed by atoms with Crippen molar-refractivity contribution in [3.8, 4) is 0 Å². The smallest absolute Gasteiger partial charge is 0.220 e. The molecule has 0 saturated carbocycles. The first-order chi connectivity index (χ1) is 24.3. The predicted octanol–water partition coefficient (Wildman–Crippen LogP) is 7.30. The highest BCUT2D eigenvalue weighted by Gasteiger charge is 2.44. The molecule has 6 N–H and O–H groups in total. The molecule has 10 heteroatoms. The molecule has 7 atom stereocenters. The van der Waals surface area contributed by atoms with Crippen molar-refractivity contribution >= 4 is 18.5 Å². The fraction of sp³-hybridized carbons (Fsp3) is 0.925. The maximum absolute atomic E-state index is 12.9. The standard InChI is InChI=1S/C40H77NO8S/c1-2-3-4-5-6-7-8-10-13-16-19-22-25-28-34(43)33(32-48-40-39(47)38(46)37(45)35(31-42)49-40)41-36(44)29-26-23-20-17-14-11-9-12-15-18-21-24-27-30-50/h25,28,33-35,37-40,42-43,45-47,50H,2-24,26-27,29-32H2,1H3,(H,41,44)/b28-25+/t33-,34+,35+,37-,38-,39+,40+/m0/s1. The summed E-state index contributed by atoms with van der Waals surface area (Å²) in [6, 6.07) is -0.800. The van der Waals surface area contributed by atoms with E-state index in [0.717, 1.165) is 44.3 Å². The summed E-state index contributed by atoms with van der Waals surface area (Å²) in [4.78, 5) is 12.9. The maximum Gasteiger partial charge on any atom is 0.220 e. The molecule has 0 spiro atoms. The molecular formula is C40H77NO8S. The van der Waals surface area contributed by atoms with Crippen LogP contribution >= 0.6 is 12.6 Å². The number of carbonyl (C=O) groups excluding carboxylic acids is 1. The fourth-order valence-corrected chi connectivity index (χ4v) is 6.77. The molecule has 1 heterocycles. The molecule has 0 bridgehead atoms. The Bertz CT molecular complexity index is 803. The molecule has 0 aliphatic carbocycles. The molecule has 0 unspecified atom stereocenters. The van der Waals surface area contributed by atoms with Crippen LogP contribution in [0, 0.1) is 0 Å². The zero-order valence-corrected chi connectivity index (χ0v) is 32.5. The molecule has 1 amide bonds. The van der Waals surface area contributed by atoms with Crippen LogP contribution in [-0.2, 0) is 14.3 Å². The van der Waals surface area contributed by atoms with Crippen LogP contribution in [0.2, 0.25) is 0 Å². The van der Waals surface area contributed by atoms with Crippen molar-refractivity contribution in [3.63, 3.8) is 0 Å². The molecule has 0 radical (unpaired) electrons. The highest BCUT2D eigenvalue weighted by molar-refractivity contribution is 7.80. The van der Waals surface area contributed by atoms with Gasteiger partial charge >= 0.3 is 0 Å². The lowest BCUT2D eigenvalue weighted by Gasteiger charge is -2.40. The van der Waals surface area contributed by atoms with Gasteiger partial charge in [-0.1, -0.05) is 154 Å². The van der Waals surface area contributed by atoms with E-state index in [1.807, 2.05) is 6.08 Å². The third-order valence-corrected chi connectivity index (χ3v) is 10.2. The van der Waals surface area contributed by atoms with Crippen molar-refractivity contribution < 1.29 is 39.8 Å². The van der Waals surface area contributed by atoms with E-state index >= 15 is 0 Å². The summed E-state index contributed by atoms with van der Waals surface area (Å²) in [6.45, 7) is 1.50. The fourth-order valence-electron chi connectivity index (χ4n) is 6.55. The van der Waals surface area contributed by atoms with Crippen LogP contribution in [0.25, 0.3) is 0 Å². The van der Waals surface area contributed by atoms with Gasteiger partial charge in [0.05, 0.1) is 25.4 Å². The number of carbonyl (C=O) groups is 1. The van der Waals surface area contributed by atoms with Gasteiger partial charge in [0.2, 0.25) is 5.91 Å². The Labute approximate surface area is 310 Å². The summed E-state index contributed by atoms with van der Waals surface area (Å²) >= 11 is 4.27. The van der Waals surface area contributed by atoms with E-state index in [9.17, 15) is 30.3 Å². The highest BCUT2D eigenvalue weighted by atomic mass is 32.1. The maximum atomic E-state index is 12.9. The normalized spacial score (nSPS) is 22.3. The van der Waals surface area contributed by atoms with Crippen LogP contribution in [-0.4, -0.2) is 93.3 Å². The van der Waals surface area contributed by atoms with Gasteiger partial charge in [-0.15, -0.1) is 0 Å². The first-order valence-electron chi connectivity index (χ1n) is 20.5. The van der Waals surface area contributed by atoms with Crippen LogP contribution in [0.3, 0.4) is 0 Å². The molecule has 9 nitrogen and oxygen atoms in total. The number of aliphatic hydroxyl groups excluding tert-OH is 5. The topological polar surface area (TPSA) is 149 Å². The average Bonchev–Trinajstić information content (AvgIpc) is 3.11. The molecule has 1 fully saturated rings. The summed E-state index contributed by atoms with van der Waals surface area (Å²) in [5.74, 6) is 0.814. The van der Waals surface area contributed by atoms with E-state index in [0.29, 0.717) is 6.42 Å². The third-order valence-electron chi connectivity index (χ3n) is 9.92. The molecule has 0 aromatic rings. The van der Waals surface area contributed by atoms with E-state index in [1.54, 1.807) is 6.08 Å². The minimum Gasteiger partial charge on any atom is -0.394 e. The highest BCUT2D eigenvalue weighted by Crippen LogP contribution is 2.22. The van der Waals surface area contributed by atoms with Crippen LogP contribution in [0.1, 0.15) is 174 Å². The minimum absolute atomic E-state index is 0.181. The predicted molar refractivity (Wildman–Crippen MR) is 206 cm³/mol. The Hall–Kier alpha value is -0.720. The van der Waals surface area contributed by atoms with Crippen molar-refractivity contribution in [2.75, 3.05) is 19.0 Å². The van der Waals surface area contributed by atoms with Crippen molar-refractivity contribution in [1.29, 1.82) is 0 Å².